The summed E-state index contributed by atoms with van der Waals surface area (Å²) >= 11 is 0. The number of nitrogens with zero attached hydrogens (tertiary/aromatic N) is 1. The van der Waals surface area contributed by atoms with Gasteiger partial charge in [-0.2, -0.15) is 5.26 Å². The van der Waals surface area contributed by atoms with Crippen molar-refractivity contribution in [1.29, 1.82) is 5.26 Å². The summed E-state index contributed by atoms with van der Waals surface area (Å²) < 4.78 is 22.0. The lowest BCUT2D eigenvalue weighted by atomic mass is 9.83. The van der Waals surface area contributed by atoms with Gasteiger partial charge in [-0.3, -0.25) is 0 Å². The molecule has 0 saturated carbocycles. The van der Waals surface area contributed by atoms with Crippen molar-refractivity contribution in [3.05, 3.63) is 94.9 Å². The van der Waals surface area contributed by atoms with E-state index in [0.717, 1.165) is 16.9 Å². The van der Waals surface area contributed by atoms with Crippen LogP contribution in [0.5, 0.6) is 23.0 Å². The summed E-state index contributed by atoms with van der Waals surface area (Å²) in [7, 11) is 1.49. The fourth-order valence-electron chi connectivity index (χ4n) is 3.74. The van der Waals surface area contributed by atoms with Gasteiger partial charge in [0.05, 0.1) is 19.6 Å². The van der Waals surface area contributed by atoms with Gasteiger partial charge >= 0.3 is 5.97 Å². The van der Waals surface area contributed by atoms with Gasteiger partial charge in [0.1, 0.15) is 40.2 Å². The van der Waals surface area contributed by atoms with E-state index in [-0.39, 0.29) is 11.6 Å². The highest BCUT2D eigenvalue weighted by atomic mass is 16.5. The predicted molar refractivity (Wildman–Crippen MR) is 121 cm³/mol. The largest absolute Gasteiger partial charge is 0.496 e. The number of fused-ring (bicyclic) bond motifs is 1. The summed E-state index contributed by atoms with van der Waals surface area (Å²) in [6, 6.07) is 21.5. The van der Waals surface area contributed by atoms with Crippen LogP contribution in [0.1, 0.15) is 34.3 Å². The first kappa shape index (κ1) is 21.8. The highest BCUT2D eigenvalue weighted by molar-refractivity contribution is 5.94. The van der Waals surface area contributed by atoms with Crippen LogP contribution in [0.15, 0.2) is 78.2 Å². The van der Waals surface area contributed by atoms with Crippen molar-refractivity contribution in [3.8, 4) is 29.1 Å². The number of benzene rings is 3. The quantitative estimate of drug-likeness (QED) is 0.442. The minimum absolute atomic E-state index is 0.0112. The Labute approximate surface area is 191 Å². The van der Waals surface area contributed by atoms with Crippen LogP contribution < -0.4 is 24.7 Å². The van der Waals surface area contributed by atoms with Crippen LogP contribution in [-0.4, -0.2) is 19.7 Å². The van der Waals surface area contributed by atoms with Gasteiger partial charge in [-0.05, 0) is 42.8 Å². The second kappa shape index (κ2) is 9.37. The van der Waals surface area contributed by atoms with Gasteiger partial charge in [0.25, 0.3) is 0 Å². The number of hydrogen-bond donors (Lipinski definition) is 1. The van der Waals surface area contributed by atoms with Gasteiger partial charge < -0.3 is 24.7 Å². The molecule has 0 spiro atoms. The SMILES string of the molecule is CCOc1ccc(C2C(C#N)=C(N)Oc3cc(OC(=O)c4ccccc4OC)ccc32)cc1. The molecule has 0 fully saturated rings. The van der Waals surface area contributed by atoms with E-state index in [0.29, 0.717) is 29.2 Å². The molecule has 7 heteroatoms. The molecule has 3 aromatic carbocycles. The molecule has 1 unspecified atom stereocenters. The summed E-state index contributed by atoms with van der Waals surface area (Å²) in [6.07, 6.45) is 0. The van der Waals surface area contributed by atoms with Crippen molar-refractivity contribution >= 4 is 5.97 Å². The van der Waals surface area contributed by atoms with Gasteiger partial charge in [0, 0.05) is 11.6 Å². The summed E-state index contributed by atoms with van der Waals surface area (Å²) in [6.45, 7) is 2.48. The summed E-state index contributed by atoms with van der Waals surface area (Å²) in [4.78, 5) is 12.7. The van der Waals surface area contributed by atoms with Crippen LogP contribution in [0.25, 0.3) is 0 Å². The maximum absolute atomic E-state index is 12.7. The standard InChI is InChI=1S/C26H22N2O5/c1-3-31-17-10-8-16(9-11-17)24-19-13-12-18(14-23(19)33-25(28)21(24)15-27)32-26(29)20-6-4-5-7-22(20)30-2/h4-14,24H,3,28H2,1-2H3. The fraction of sp³-hybridized carbons (Fsp3) is 0.154. The van der Waals surface area contributed by atoms with Crippen LogP contribution in [-0.2, 0) is 0 Å². The second-order valence-electron chi connectivity index (χ2n) is 7.22. The molecular formula is C26H22N2O5. The van der Waals surface area contributed by atoms with Crippen LogP contribution >= 0.6 is 0 Å². The molecule has 0 aromatic heterocycles. The van der Waals surface area contributed by atoms with E-state index in [2.05, 4.69) is 6.07 Å². The Morgan fingerprint density at radius 3 is 2.52 bits per heavy atom. The second-order valence-corrected chi connectivity index (χ2v) is 7.22. The average molecular weight is 442 g/mol. The molecule has 1 aliphatic heterocycles. The molecule has 166 valence electrons. The number of nitriles is 1. The van der Waals surface area contributed by atoms with E-state index in [1.807, 2.05) is 31.2 Å². The van der Waals surface area contributed by atoms with E-state index in [1.54, 1.807) is 42.5 Å². The highest BCUT2D eigenvalue weighted by Gasteiger charge is 2.31. The number of methoxy groups -OCH3 is 1. The topological polar surface area (TPSA) is 104 Å². The fourth-order valence-corrected chi connectivity index (χ4v) is 3.74. The minimum Gasteiger partial charge on any atom is -0.496 e. The third-order valence-electron chi connectivity index (χ3n) is 5.25. The number of nitrogens with two attached hydrogens (primary N) is 1. The molecule has 0 saturated heterocycles. The summed E-state index contributed by atoms with van der Waals surface area (Å²) in [5, 5.41) is 9.73. The molecule has 2 N–H and O–H groups in total. The first-order valence-corrected chi connectivity index (χ1v) is 10.3. The first-order valence-electron chi connectivity index (χ1n) is 10.3. The van der Waals surface area contributed by atoms with E-state index >= 15 is 0 Å². The zero-order chi connectivity index (χ0) is 23.4. The molecule has 3 aromatic rings. The monoisotopic (exact) mass is 442 g/mol. The highest BCUT2D eigenvalue weighted by Crippen LogP contribution is 2.43. The third-order valence-corrected chi connectivity index (χ3v) is 5.25. The maximum atomic E-state index is 12.7. The summed E-state index contributed by atoms with van der Waals surface area (Å²) in [5.41, 5.74) is 8.29. The smallest absolute Gasteiger partial charge is 0.347 e. The molecule has 0 radical (unpaired) electrons. The number of esters is 1. The van der Waals surface area contributed by atoms with Crippen molar-refractivity contribution in [1.82, 2.24) is 0 Å². The van der Waals surface area contributed by atoms with Gasteiger partial charge in [0.15, 0.2) is 0 Å². The molecule has 0 amide bonds. The molecule has 1 heterocycles. The number of hydrogen-bond acceptors (Lipinski definition) is 7. The Kier molecular flexibility index (Phi) is 6.18. The van der Waals surface area contributed by atoms with Crippen molar-refractivity contribution in [2.75, 3.05) is 13.7 Å². The number of ether oxygens (including phenoxy) is 4. The molecule has 7 nitrogen and oxygen atoms in total. The van der Waals surface area contributed by atoms with E-state index in [9.17, 15) is 10.1 Å². The van der Waals surface area contributed by atoms with Crippen molar-refractivity contribution in [2.24, 2.45) is 5.73 Å². The normalized spacial score (nSPS) is 14.5. The Morgan fingerprint density at radius 2 is 1.82 bits per heavy atom. The molecule has 33 heavy (non-hydrogen) atoms. The Balaban J connectivity index is 1.67. The van der Waals surface area contributed by atoms with Gasteiger partial charge in [-0.1, -0.05) is 30.3 Å². The molecule has 1 atom stereocenters. The number of carbonyl (C=O) groups excluding carboxylic acids is 1. The lowest BCUT2D eigenvalue weighted by molar-refractivity contribution is 0.0731. The number of carbonyl (C=O) groups is 1. The molecule has 4 rings (SSSR count). The van der Waals surface area contributed by atoms with Crippen LogP contribution in [0.2, 0.25) is 0 Å². The zero-order valence-corrected chi connectivity index (χ0v) is 18.2. The van der Waals surface area contributed by atoms with Crippen molar-refractivity contribution in [3.63, 3.8) is 0 Å². The molecule has 0 bridgehead atoms. The Hall–Kier alpha value is -4.44. The van der Waals surface area contributed by atoms with Crippen molar-refractivity contribution < 1.29 is 23.7 Å². The number of rotatable bonds is 6. The average Bonchev–Trinajstić information content (AvgIpc) is 2.83. The molecule has 0 aliphatic carbocycles. The molecular weight excluding hydrogens is 420 g/mol. The van der Waals surface area contributed by atoms with Crippen LogP contribution in [0, 0.1) is 11.3 Å². The van der Waals surface area contributed by atoms with Gasteiger partial charge in [-0.25, -0.2) is 4.79 Å². The maximum Gasteiger partial charge on any atom is 0.347 e. The lowest BCUT2D eigenvalue weighted by Crippen LogP contribution is -2.21. The van der Waals surface area contributed by atoms with Gasteiger partial charge in [0.2, 0.25) is 5.88 Å². The van der Waals surface area contributed by atoms with Gasteiger partial charge in [-0.15, -0.1) is 0 Å². The van der Waals surface area contributed by atoms with Crippen LogP contribution in [0.4, 0.5) is 0 Å². The van der Waals surface area contributed by atoms with Crippen molar-refractivity contribution in [2.45, 2.75) is 12.8 Å². The Bertz CT molecular complexity index is 1260. The van der Waals surface area contributed by atoms with Crippen LogP contribution in [0.3, 0.4) is 0 Å². The van der Waals surface area contributed by atoms with E-state index in [1.165, 1.54) is 7.11 Å². The lowest BCUT2D eigenvalue weighted by Gasteiger charge is -2.26. The minimum atomic E-state index is -0.562. The number of allylic oxidation sites excluding steroid dienone is 1. The number of para-hydroxylation sites is 1. The van der Waals surface area contributed by atoms with E-state index in [4.69, 9.17) is 24.7 Å². The zero-order valence-electron chi connectivity index (χ0n) is 18.2. The third kappa shape index (κ3) is 4.32. The Morgan fingerprint density at radius 1 is 1.09 bits per heavy atom. The first-order chi connectivity index (χ1) is 16.0. The van der Waals surface area contributed by atoms with E-state index < -0.39 is 11.9 Å². The molecule has 1 aliphatic rings. The summed E-state index contributed by atoms with van der Waals surface area (Å²) in [5.74, 6) is 0.873. The predicted octanol–water partition coefficient (Wildman–Crippen LogP) is 4.53.